The van der Waals surface area contributed by atoms with Crippen LogP contribution in [0, 0.1) is 0 Å². The molecule has 1 aliphatic heterocycles. The number of likely N-dealkylation sites (N-methyl/N-ethyl adjacent to an activating group) is 1. The summed E-state index contributed by atoms with van der Waals surface area (Å²) in [6.07, 6.45) is 0.489. The summed E-state index contributed by atoms with van der Waals surface area (Å²) in [7, 11) is 6.41. The van der Waals surface area contributed by atoms with Gasteiger partial charge in [-0.1, -0.05) is 18.2 Å². The lowest BCUT2D eigenvalue weighted by Gasteiger charge is -2.25. The van der Waals surface area contributed by atoms with Crippen LogP contribution in [0.1, 0.15) is 33.3 Å². The zero-order valence-electron chi connectivity index (χ0n) is 20.1. The molecule has 1 unspecified atom stereocenters. The summed E-state index contributed by atoms with van der Waals surface area (Å²) in [6, 6.07) is 16.3. The van der Waals surface area contributed by atoms with Crippen LogP contribution >= 0.6 is 11.3 Å². The van der Waals surface area contributed by atoms with Crippen molar-refractivity contribution >= 4 is 28.9 Å². The van der Waals surface area contributed by atoms with E-state index < -0.39 is 0 Å². The molecule has 1 aromatic heterocycles. The quantitative estimate of drug-likeness (QED) is 0.469. The number of rotatable bonds is 8. The van der Waals surface area contributed by atoms with Gasteiger partial charge in [0.25, 0.3) is 11.8 Å². The Labute approximate surface area is 208 Å². The predicted octanol–water partition coefficient (Wildman–Crippen LogP) is 4.22. The van der Waals surface area contributed by atoms with Crippen LogP contribution in [0.2, 0.25) is 0 Å². The molecule has 35 heavy (non-hydrogen) atoms. The van der Waals surface area contributed by atoms with Gasteiger partial charge in [0.05, 0.1) is 38.0 Å². The van der Waals surface area contributed by atoms with Crippen LogP contribution in [0.3, 0.4) is 0 Å². The van der Waals surface area contributed by atoms with Crippen LogP contribution < -0.4 is 14.2 Å². The molecule has 0 fully saturated rings. The second-order valence-corrected chi connectivity index (χ2v) is 8.93. The molecule has 2 amide bonds. The van der Waals surface area contributed by atoms with E-state index in [-0.39, 0.29) is 24.4 Å². The van der Waals surface area contributed by atoms with E-state index in [1.165, 1.54) is 21.2 Å². The molecule has 1 aliphatic rings. The van der Waals surface area contributed by atoms with Crippen LogP contribution in [-0.2, 0) is 4.79 Å². The molecule has 0 N–H and O–H groups in total. The molecule has 2 aromatic carbocycles. The van der Waals surface area contributed by atoms with Crippen LogP contribution in [0.4, 0.5) is 0 Å². The second kappa shape index (κ2) is 10.6. The van der Waals surface area contributed by atoms with E-state index >= 15 is 0 Å². The Bertz CT molecular complexity index is 1220. The number of hydrazone groups is 1. The van der Waals surface area contributed by atoms with Crippen LogP contribution in [0.25, 0.3) is 0 Å². The molecule has 2 heterocycles. The molecule has 3 aromatic rings. The molecule has 8 nitrogen and oxygen atoms in total. The summed E-state index contributed by atoms with van der Waals surface area (Å²) in [5, 5.41) is 8.02. The van der Waals surface area contributed by atoms with E-state index in [9.17, 15) is 9.59 Å². The van der Waals surface area contributed by atoms with Crippen molar-refractivity contribution in [2.75, 3.05) is 34.9 Å². The largest absolute Gasteiger partial charge is 0.497 e. The van der Waals surface area contributed by atoms with Crippen molar-refractivity contribution in [2.45, 2.75) is 12.5 Å². The van der Waals surface area contributed by atoms with Gasteiger partial charge in [-0.2, -0.15) is 5.10 Å². The smallest absolute Gasteiger partial charge is 0.264 e. The van der Waals surface area contributed by atoms with Gasteiger partial charge in [-0.25, -0.2) is 5.01 Å². The maximum absolute atomic E-state index is 13.4. The Morgan fingerprint density at radius 1 is 1.03 bits per heavy atom. The number of carbonyl (C=O) groups excluding carboxylic acids is 2. The number of ether oxygens (including phenoxy) is 3. The van der Waals surface area contributed by atoms with E-state index in [2.05, 4.69) is 0 Å². The predicted molar refractivity (Wildman–Crippen MR) is 135 cm³/mol. The van der Waals surface area contributed by atoms with Gasteiger partial charge in [-0.15, -0.1) is 11.3 Å². The first-order valence-electron chi connectivity index (χ1n) is 11.0. The Morgan fingerprint density at radius 2 is 1.74 bits per heavy atom. The fourth-order valence-corrected chi connectivity index (χ4v) is 4.68. The second-order valence-electron chi connectivity index (χ2n) is 7.98. The number of nitrogens with zero attached hydrogens (tertiary/aromatic N) is 3. The topological polar surface area (TPSA) is 80.7 Å². The summed E-state index contributed by atoms with van der Waals surface area (Å²) in [6.45, 7) is -0.0973. The third kappa shape index (κ3) is 5.14. The van der Waals surface area contributed by atoms with Crippen LogP contribution in [0.15, 0.2) is 65.1 Å². The fourth-order valence-electron chi connectivity index (χ4n) is 3.96. The molecular formula is C26H27N3O5S. The maximum Gasteiger partial charge on any atom is 0.264 e. The van der Waals surface area contributed by atoms with E-state index in [4.69, 9.17) is 19.3 Å². The number of amides is 2. The van der Waals surface area contributed by atoms with Gasteiger partial charge < -0.3 is 19.1 Å². The Balaban J connectivity index is 1.64. The summed E-state index contributed by atoms with van der Waals surface area (Å²) in [5.41, 5.74) is 2.41. The Hall–Kier alpha value is -3.85. The molecule has 0 saturated heterocycles. The molecule has 0 radical (unpaired) electrons. The van der Waals surface area contributed by atoms with E-state index in [1.807, 2.05) is 47.8 Å². The van der Waals surface area contributed by atoms with Gasteiger partial charge in [0.2, 0.25) is 0 Å². The molecule has 1 atom stereocenters. The number of benzene rings is 2. The highest BCUT2D eigenvalue weighted by Gasteiger charge is 2.35. The maximum atomic E-state index is 13.4. The number of hydrogen-bond acceptors (Lipinski definition) is 7. The van der Waals surface area contributed by atoms with Crippen molar-refractivity contribution in [2.24, 2.45) is 5.10 Å². The average molecular weight is 494 g/mol. The van der Waals surface area contributed by atoms with Crippen molar-refractivity contribution in [3.8, 4) is 17.2 Å². The molecule has 4 rings (SSSR count). The molecular weight excluding hydrogens is 466 g/mol. The first-order chi connectivity index (χ1) is 16.9. The molecule has 182 valence electrons. The fraction of sp³-hybridized carbons (Fsp3) is 0.269. The Morgan fingerprint density at radius 3 is 2.37 bits per heavy atom. The normalized spacial score (nSPS) is 14.9. The van der Waals surface area contributed by atoms with Gasteiger partial charge in [-0.05, 0) is 41.3 Å². The minimum Gasteiger partial charge on any atom is -0.497 e. The highest BCUT2D eigenvalue weighted by molar-refractivity contribution is 7.12. The third-order valence-electron chi connectivity index (χ3n) is 5.84. The van der Waals surface area contributed by atoms with Crippen LogP contribution in [-0.4, -0.2) is 62.4 Å². The monoisotopic (exact) mass is 493 g/mol. The lowest BCUT2D eigenvalue weighted by molar-refractivity contribution is -0.133. The number of methoxy groups -OCH3 is 3. The SMILES string of the molecule is COc1ccc(C2CC(c3ccc(OC)cc3OC)=NN2C(=O)CN(C)C(=O)c2cccs2)cc1. The molecule has 0 spiro atoms. The average Bonchev–Trinajstić information content (AvgIpc) is 3.58. The van der Waals surface area contributed by atoms with Crippen molar-refractivity contribution < 1.29 is 23.8 Å². The van der Waals surface area contributed by atoms with Gasteiger partial charge in [0.15, 0.2) is 0 Å². The van der Waals surface area contributed by atoms with E-state index in [1.54, 1.807) is 40.5 Å². The van der Waals surface area contributed by atoms with Crippen molar-refractivity contribution in [1.29, 1.82) is 0 Å². The van der Waals surface area contributed by atoms with Gasteiger partial charge in [0, 0.05) is 25.1 Å². The van der Waals surface area contributed by atoms with Crippen LogP contribution in [0.5, 0.6) is 17.2 Å². The zero-order chi connectivity index (χ0) is 24.9. The minimum atomic E-state index is -0.333. The highest BCUT2D eigenvalue weighted by atomic mass is 32.1. The number of carbonyl (C=O) groups is 2. The molecule has 0 bridgehead atoms. The van der Waals surface area contributed by atoms with Crippen molar-refractivity contribution in [1.82, 2.24) is 9.91 Å². The highest BCUT2D eigenvalue weighted by Crippen LogP contribution is 2.36. The van der Waals surface area contributed by atoms with Gasteiger partial charge in [-0.3, -0.25) is 9.59 Å². The first kappa shape index (κ1) is 24.3. The first-order valence-corrected chi connectivity index (χ1v) is 11.9. The Kier molecular flexibility index (Phi) is 7.36. The summed E-state index contributed by atoms with van der Waals surface area (Å²) < 4.78 is 16.2. The lowest BCUT2D eigenvalue weighted by atomic mass is 9.97. The van der Waals surface area contributed by atoms with Crippen molar-refractivity contribution in [3.63, 3.8) is 0 Å². The number of hydrogen-bond donors (Lipinski definition) is 0. The standard InChI is InChI=1S/C26H27N3O5S/c1-28(26(31)24-6-5-13-35-24)16-25(30)29-22(17-7-9-18(32-2)10-8-17)15-21(27-29)20-12-11-19(33-3)14-23(20)34-4/h5-14,22H,15-16H2,1-4H3. The number of thiophene rings is 1. The zero-order valence-corrected chi connectivity index (χ0v) is 20.9. The molecule has 9 heteroatoms. The van der Waals surface area contributed by atoms with E-state index in [0.717, 1.165) is 16.9 Å². The summed E-state index contributed by atoms with van der Waals surface area (Å²) in [4.78, 5) is 28.1. The third-order valence-corrected chi connectivity index (χ3v) is 6.70. The lowest BCUT2D eigenvalue weighted by Crippen LogP contribution is -2.39. The molecule has 0 saturated carbocycles. The minimum absolute atomic E-state index is 0.0973. The van der Waals surface area contributed by atoms with Crippen molar-refractivity contribution in [3.05, 3.63) is 76.0 Å². The summed E-state index contributed by atoms with van der Waals surface area (Å²) >= 11 is 1.34. The van der Waals surface area contributed by atoms with Gasteiger partial charge >= 0.3 is 0 Å². The summed E-state index contributed by atoms with van der Waals surface area (Å²) in [5.74, 6) is 1.52. The van der Waals surface area contributed by atoms with E-state index in [0.29, 0.717) is 28.5 Å². The van der Waals surface area contributed by atoms with Gasteiger partial charge in [0.1, 0.15) is 23.8 Å². The molecule has 0 aliphatic carbocycles.